The average molecular weight is 261 g/mol. The molecule has 1 saturated heterocycles. The first-order valence-corrected chi connectivity index (χ1v) is 5.93. The van der Waals surface area contributed by atoms with Crippen molar-refractivity contribution in [2.45, 2.75) is 23.7 Å². The molecule has 5 nitrogen and oxygen atoms in total. The van der Waals surface area contributed by atoms with Crippen LogP contribution < -0.4 is 0 Å². The van der Waals surface area contributed by atoms with Crippen molar-refractivity contribution in [3.8, 4) is 0 Å². The molecule has 0 aromatic heterocycles. The first kappa shape index (κ1) is 11.3. The Morgan fingerprint density at radius 3 is 3.18 bits per heavy atom. The lowest BCUT2D eigenvalue weighted by molar-refractivity contribution is -0.142. The number of carbonyl (C=O) groups excluding carboxylic acids is 1. The van der Waals surface area contributed by atoms with Crippen LogP contribution >= 0.6 is 11.6 Å². The van der Waals surface area contributed by atoms with E-state index in [1.165, 1.54) is 13.4 Å². The molecule has 2 aliphatic heterocycles. The molecule has 0 aromatic rings. The lowest BCUT2D eigenvalue weighted by atomic mass is 9.82. The zero-order valence-electron chi connectivity index (χ0n) is 9.26. The monoisotopic (exact) mass is 260 g/mol. The Morgan fingerprint density at radius 1 is 1.71 bits per heavy atom. The number of esters is 1. The normalized spacial score (nSPS) is 47.1. The van der Waals surface area contributed by atoms with Gasteiger partial charge in [-0.3, -0.25) is 0 Å². The molecule has 0 radical (unpaired) electrons. The van der Waals surface area contributed by atoms with Crippen LogP contribution in [-0.2, 0) is 19.0 Å². The summed E-state index contributed by atoms with van der Waals surface area (Å²) in [5.74, 6) is -0.881. The van der Waals surface area contributed by atoms with E-state index < -0.39 is 23.2 Å². The number of methoxy groups -OCH3 is 1. The van der Waals surface area contributed by atoms with Crippen LogP contribution in [0.3, 0.4) is 0 Å². The Hall–Kier alpha value is -0.780. The average Bonchev–Trinajstić information content (AvgIpc) is 2.80. The van der Waals surface area contributed by atoms with Crippen LogP contribution in [0.1, 0.15) is 6.42 Å². The molecule has 0 amide bonds. The van der Waals surface area contributed by atoms with Gasteiger partial charge in [-0.15, -0.1) is 11.6 Å². The van der Waals surface area contributed by atoms with Gasteiger partial charge in [0.1, 0.15) is 5.60 Å². The summed E-state index contributed by atoms with van der Waals surface area (Å²) in [5.41, 5.74) is -0.675. The van der Waals surface area contributed by atoms with Crippen molar-refractivity contribution in [2.24, 2.45) is 11.8 Å². The third kappa shape index (κ3) is 1.36. The minimum Gasteiger partial charge on any atom is -0.472 e. The predicted octanol–water partition coefficient (Wildman–Crippen LogP) is 0.404. The fourth-order valence-electron chi connectivity index (χ4n) is 3.05. The first-order chi connectivity index (χ1) is 8.08. The van der Waals surface area contributed by atoms with Crippen molar-refractivity contribution < 1.29 is 24.1 Å². The van der Waals surface area contributed by atoms with Crippen LogP contribution in [0.4, 0.5) is 0 Å². The zero-order chi connectivity index (χ0) is 12.2. The molecule has 2 heterocycles. The van der Waals surface area contributed by atoms with Gasteiger partial charge in [0.05, 0.1) is 36.8 Å². The maximum Gasteiger partial charge on any atom is 0.337 e. The smallest absolute Gasteiger partial charge is 0.337 e. The molecule has 94 valence electrons. The van der Waals surface area contributed by atoms with E-state index in [0.29, 0.717) is 12.0 Å². The number of hydrogen-bond donors (Lipinski definition) is 1. The van der Waals surface area contributed by atoms with E-state index in [0.717, 1.165) is 0 Å². The molecule has 0 unspecified atom stereocenters. The van der Waals surface area contributed by atoms with E-state index in [4.69, 9.17) is 25.8 Å². The van der Waals surface area contributed by atoms with Crippen LogP contribution in [0.2, 0.25) is 0 Å². The number of carbonyl (C=O) groups is 1. The molecule has 17 heavy (non-hydrogen) atoms. The predicted molar refractivity (Wildman–Crippen MR) is 57.1 cm³/mol. The number of rotatable bonds is 1. The third-order valence-corrected chi connectivity index (χ3v) is 4.49. The van der Waals surface area contributed by atoms with E-state index in [1.54, 1.807) is 0 Å². The van der Waals surface area contributed by atoms with E-state index in [-0.39, 0.29) is 18.4 Å². The largest absolute Gasteiger partial charge is 0.472 e. The number of hydrogen-bond acceptors (Lipinski definition) is 5. The number of aliphatic hydroxyl groups is 1. The molecular formula is C11H13ClO5. The van der Waals surface area contributed by atoms with E-state index in [9.17, 15) is 9.90 Å². The van der Waals surface area contributed by atoms with Crippen LogP contribution in [0, 0.1) is 11.8 Å². The first-order valence-electron chi connectivity index (χ1n) is 5.50. The Labute approximate surface area is 103 Å². The molecule has 3 aliphatic rings. The van der Waals surface area contributed by atoms with Gasteiger partial charge in [0.15, 0.2) is 0 Å². The third-order valence-electron chi connectivity index (χ3n) is 3.94. The van der Waals surface area contributed by atoms with Gasteiger partial charge in [-0.2, -0.15) is 0 Å². The Bertz CT molecular complexity index is 395. The van der Waals surface area contributed by atoms with Crippen molar-refractivity contribution in [3.63, 3.8) is 0 Å². The second-order valence-electron chi connectivity index (χ2n) is 4.71. The van der Waals surface area contributed by atoms with E-state index in [2.05, 4.69) is 0 Å². The Kier molecular flexibility index (Phi) is 2.40. The second kappa shape index (κ2) is 3.60. The minimum atomic E-state index is -1.11. The molecule has 6 heteroatoms. The summed E-state index contributed by atoms with van der Waals surface area (Å²) in [4.78, 5) is 11.6. The topological polar surface area (TPSA) is 65.0 Å². The summed E-state index contributed by atoms with van der Waals surface area (Å²) in [6.07, 6.45) is 1.40. The molecular weight excluding hydrogens is 248 g/mol. The molecule has 1 aliphatic carbocycles. The van der Waals surface area contributed by atoms with Gasteiger partial charge in [-0.1, -0.05) is 0 Å². The zero-order valence-corrected chi connectivity index (χ0v) is 10.0. The highest BCUT2D eigenvalue weighted by Crippen LogP contribution is 2.54. The maximum atomic E-state index is 11.6. The molecule has 0 spiro atoms. The molecule has 3 rings (SSSR count). The molecule has 0 bridgehead atoms. The van der Waals surface area contributed by atoms with Gasteiger partial charge in [-0.25, -0.2) is 4.79 Å². The minimum absolute atomic E-state index is 0.148. The van der Waals surface area contributed by atoms with Crippen molar-refractivity contribution in [2.75, 3.05) is 13.7 Å². The van der Waals surface area contributed by atoms with Gasteiger partial charge >= 0.3 is 5.97 Å². The lowest BCUT2D eigenvalue weighted by Gasteiger charge is -2.31. The van der Waals surface area contributed by atoms with Gasteiger partial charge in [0.2, 0.25) is 6.29 Å². The van der Waals surface area contributed by atoms with Crippen LogP contribution in [0.25, 0.3) is 0 Å². The van der Waals surface area contributed by atoms with Gasteiger partial charge < -0.3 is 19.3 Å². The summed E-state index contributed by atoms with van der Waals surface area (Å²) in [7, 11) is 1.32. The Morgan fingerprint density at radius 2 is 2.47 bits per heavy atom. The summed E-state index contributed by atoms with van der Waals surface area (Å²) < 4.78 is 15.4. The quantitative estimate of drug-likeness (QED) is 0.546. The number of halogens is 1. The maximum absolute atomic E-state index is 11.6. The highest BCUT2D eigenvalue weighted by molar-refractivity contribution is 6.21. The van der Waals surface area contributed by atoms with Gasteiger partial charge in [0, 0.05) is 5.92 Å². The number of ether oxygens (including phenoxy) is 3. The van der Waals surface area contributed by atoms with Crippen molar-refractivity contribution in [1.82, 2.24) is 0 Å². The summed E-state index contributed by atoms with van der Waals surface area (Å²) in [6.45, 7) is 0.148. The van der Waals surface area contributed by atoms with Crippen molar-refractivity contribution in [3.05, 3.63) is 11.8 Å². The fourth-order valence-corrected chi connectivity index (χ4v) is 3.45. The second-order valence-corrected chi connectivity index (χ2v) is 5.23. The lowest BCUT2D eigenvalue weighted by Crippen LogP contribution is -2.44. The van der Waals surface area contributed by atoms with Crippen LogP contribution in [0.5, 0.6) is 0 Å². The highest BCUT2D eigenvalue weighted by atomic mass is 35.5. The Balaban J connectivity index is 1.98. The SMILES string of the molecule is COC(=O)C1=CO[C@@H]2OC[C@@]3(O)[C@@H]2[C@@H]1C[C@H]3Cl. The summed E-state index contributed by atoms with van der Waals surface area (Å²) >= 11 is 6.17. The van der Waals surface area contributed by atoms with Gasteiger partial charge in [-0.05, 0) is 6.42 Å². The van der Waals surface area contributed by atoms with Crippen LogP contribution in [-0.4, -0.2) is 42.1 Å². The van der Waals surface area contributed by atoms with Crippen molar-refractivity contribution >= 4 is 17.6 Å². The van der Waals surface area contributed by atoms with Crippen LogP contribution in [0.15, 0.2) is 11.8 Å². The fraction of sp³-hybridized carbons (Fsp3) is 0.727. The molecule has 1 N–H and O–H groups in total. The summed E-state index contributed by atoms with van der Waals surface area (Å²) in [5, 5.41) is 10.0. The molecule has 1 saturated carbocycles. The standard InChI is InChI=1S/C11H13ClO5/c1-15-9(13)6-3-16-10-8-5(6)2-7(12)11(8,14)4-17-10/h3,5,7-8,10,14H,2,4H2,1H3/t5-,7-,8-,10-,11+/m1/s1. The molecule has 2 fully saturated rings. The van der Waals surface area contributed by atoms with E-state index >= 15 is 0 Å². The van der Waals surface area contributed by atoms with Gasteiger partial charge in [0.25, 0.3) is 0 Å². The highest BCUT2D eigenvalue weighted by Gasteiger charge is 2.64. The molecule has 5 atom stereocenters. The summed E-state index contributed by atoms with van der Waals surface area (Å²) in [6, 6.07) is 0. The van der Waals surface area contributed by atoms with Crippen molar-refractivity contribution in [1.29, 1.82) is 0 Å². The number of alkyl halides is 1. The van der Waals surface area contributed by atoms with E-state index in [1.807, 2.05) is 0 Å². The molecule has 0 aromatic carbocycles.